The highest BCUT2D eigenvalue weighted by molar-refractivity contribution is 7.09. The molecule has 94 valence electrons. The Bertz CT molecular complexity index is 491. The fourth-order valence-electron chi connectivity index (χ4n) is 1.44. The number of carbonyl (C=O) groups excluding carboxylic acids is 1. The number of hydrogen-bond acceptors (Lipinski definition) is 4. The van der Waals surface area contributed by atoms with E-state index in [1.54, 1.807) is 11.3 Å². The molecule has 0 aliphatic carbocycles. The van der Waals surface area contributed by atoms with Gasteiger partial charge < -0.3 is 10.1 Å². The smallest absolute Gasteiger partial charge is 0.325 e. The van der Waals surface area contributed by atoms with Crippen LogP contribution in [-0.4, -0.2) is 12.5 Å². The third-order valence-corrected chi connectivity index (χ3v) is 3.29. The van der Waals surface area contributed by atoms with E-state index >= 15 is 0 Å². The molecule has 1 heterocycles. The molecule has 1 N–H and O–H groups in total. The van der Waals surface area contributed by atoms with Gasteiger partial charge >= 0.3 is 5.97 Å². The molecule has 3 nitrogen and oxygen atoms in total. The van der Waals surface area contributed by atoms with Crippen LogP contribution in [0, 0.1) is 6.92 Å². The van der Waals surface area contributed by atoms with E-state index < -0.39 is 0 Å². The molecule has 1 aromatic heterocycles. The second-order valence-electron chi connectivity index (χ2n) is 3.96. The van der Waals surface area contributed by atoms with Crippen LogP contribution in [0.15, 0.2) is 41.8 Å². The van der Waals surface area contributed by atoms with E-state index in [-0.39, 0.29) is 12.5 Å². The number of carbonyl (C=O) groups is 1. The van der Waals surface area contributed by atoms with E-state index in [0.29, 0.717) is 6.61 Å². The van der Waals surface area contributed by atoms with Crippen molar-refractivity contribution in [2.45, 2.75) is 13.5 Å². The second-order valence-corrected chi connectivity index (χ2v) is 4.99. The fourth-order valence-corrected chi connectivity index (χ4v) is 2.06. The number of anilines is 1. The summed E-state index contributed by atoms with van der Waals surface area (Å²) in [5.74, 6) is -0.246. The zero-order chi connectivity index (χ0) is 12.8. The molecule has 2 aromatic rings. The van der Waals surface area contributed by atoms with Gasteiger partial charge in [0.25, 0.3) is 0 Å². The van der Waals surface area contributed by atoms with Crippen LogP contribution in [0.5, 0.6) is 0 Å². The van der Waals surface area contributed by atoms with Crippen LogP contribution in [0.4, 0.5) is 5.69 Å². The molecule has 18 heavy (non-hydrogen) atoms. The first-order valence-corrected chi connectivity index (χ1v) is 6.60. The number of esters is 1. The lowest BCUT2D eigenvalue weighted by molar-refractivity contribution is -0.142. The Labute approximate surface area is 110 Å². The fraction of sp³-hybridized carbons (Fsp3) is 0.214. The number of benzene rings is 1. The first-order valence-electron chi connectivity index (χ1n) is 5.72. The lowest BCUT2D eigenvalue weighted by Gasteiger charge is -2.06. The van der Waals surface area contributed by atoms with Gasteiger partial charge in [-0.2, -0.15) is 0 Å². The van der Waals surface area contributed by atoms with E-state index in [1.807, 2.05) is 48.7 Å². The van der Waals surface area contributed by atoms with Crippen LogP contribution in [-0.2, 0) is 16.1 Å². The molecule has 1 aromatic carbocycles. The van der Waals surface area contributed by atoms with E-state index in [1.165, 1.54) is 5.56 Å². The van der Waals surface area contributed by atoms with Crippen molar-refractivity contribution >= 4 is 23.0 Å². The van der Waals surface area contributed by atoms with Gasteiger partial charge in [0, 0.05) is 10.6 Å². The summed E-state index contributed by atoms with van der Waals surface area (Å²) in [5, 5.41) is 5.00. The van der Waals surface area contributed by atoms with Crippen LogP contribution in [0.1, 0.15) is 10.4 Å². The Hall–Kier alpha value is -1.81. The molecular formula is C14H15NO2S. The monoisotopic (exact) mass is 261 g/mol. The molecular weight excluding hydrogens is 246 g/mol. The van der Waals surface area contributed by atoms with Crippen LogP contribution in [0.25, 0.3) is 0 Å². The van der Waals surface area contributed by atoms with Crippen LogP contribution in [0.3, 0.4) is 0 Å². The summed E-state index contributed by atoms with van der Waals surface area (Å²) in [5.41, 5.74) is 2.12. The van der Waals surface area contributed by atoms with E-state index in [4.69, 9.17) is 4.74 Å². The molecule has 0 saturated carbocycles. The third-order valence-electron chi connectivity index (χ3n) is 2.44. The molecule has 0 amide bonds. The van der Waals surface area contributed by atoms with Gasteiger partial charge in [-0.15, -0.1) is 11.3 Å². The molecule has 0 atom stereocenters. The van der Waals surface area contributed by atoms with Crippen molar-refractivity contribution < 1.29 is 9.53 Å². The van der Waals surface area contributed by atoms with Crippen LogP contribution >= 0.6 is 11.3 Å². The zero-order valence-electron chi connectivity index (χ0n) is 10.2. The molecule has 0 radical (unpaired) electrons. The largest absolute Gasteiger partial charge is 0.459 e. The van der Waals surface area contributed by atoms with Crippen LogP contribution in [0.2, 0.25) is 0 Å². The Kier molecular flexibility index (Phi) is 4.36. The molecule has 0 spiro atoms. The summed E-state index contributed by atoms with van der Waals surface area (Å²) in [4.78, 5) is 12.6. The van der Waals surface area contributed by atoms with Gasteiger partial charge in [-0.05, 0) is 30.5 Å². The van der Waals surface area contributed by atoms with Crippen molar-refractivity contribution in [1.82, 2.24) is 0 Å². The number of ether oxygens (including phenoxy) is 1. The molecule has 2 rings (SSSR count). The van der Waals surface area contributed by atoms with Crippen molar-refractivity contribution in [3.63, 3.8) is 0 Å². The molecule has 0 fully saturated rings. The Morgan fingerprint density at radius 2 is 2.06 bits per heavy atom. The summed E-state index contributed by atoms with van der Waals surface area (Å²) in [6.07, 6.45) is 0. The number of rotatable bonds is 5. The zero-order valence-corrected chi connectivity index (χ0v) is 11.0. The summed E-state index contributed by atoms with van der Waals surface area (Å²) in [6, 6.07) is 11.8. The summed E-state index contributed by atoms with van der Waals surface area (Å²) in [7, 11) is 0. The lowest BCUT2D eigenvalue weighted by atomic mass is 10.2. The van der Waals surface area contributed by atoms with Gasteiger partial charge in [0.2, 0.25) is 0 Å². The van der Waals surface area contributed by atoms with Crippen LogP contribution < -0.4 is 5.32 Å². The Morgan fingerprint density at radius 1 is 1.28 bits per heavy atom. The van der Waals surface area contributed by atoms with Gasteiger partial charge in [-0.1, -0.05) is 23.8 Å². The minimum absolute atomic E-state index is 0.189. The number of aryl methyl sites for hydroxylation is 1. The highest BCUT2D eigenvalue weighted by Gasteiger charge is 2.03. The predicted molar refractivity (Wildman–Crippen MR) is 73.8 cm³/mol. The minimum atomic E-state index is -0.246. The molecule has 0 bridgehead atoms. The van der Waals surface area contributed by atoms with Gasteiger partial charge in [0.15, 0.2) is 0 Å². The standard InChI is InChI=1S/C14H15NO2S/c1-11-4-6-12(7-5-11)15-9-14(16)17-10-13-3-2-8-18-13/h2-8,15H,9-10H2,1H3. The summed E-state index contributed by atoms with van der Waals surface area (Å²) < 4.78 is 5.14. The number of thiophene rings is 1. The molecule has 4 heteroatoms. The second kappa shape index (κ2) is 6.21. The minimum Gasteiger partial charge on any atom is -0.459 e. The summed E-state index contributed by atoms with van der Waals surface area (Å²) in [6.45, 7) is 2.57. The number of nitrogens with one attached hydrogen (secondary N) is 1. The first-order chi connectivity index (χ1) is 8.74. The molecule has 0 unspecified atom stereocenters. The average Bonchev–Trinajstić information content (AvgIpc) is 2.89. The van der Waals surface area contributed by atoms with Gasteiger partial charge in [0.05, 0.1) is 0 Å². The topological polar surface area (TPSA) is 38.3 Å². The first kappa shape index (κ1) is 12.6. The maximum Gasteiger partial charge on any atom is 0.325 e. The highest BCUT2D eigenvalue weighted by atomic mass is 32.1. The lowest BCUT2D eigenvalue weighted by Crippen LogP contribution is -2.16. The van der Waals surface area contributed by atoms with E-state index in [9.17, 15) is 4.79 Å². The van der Waals surface area contributed by atoms with Gasteiger partial charge in [-0.25, -0.2) is 0 Å². The van der Waals surface area contributed by atoms with Gasteiger partial charge in [-0.3, -0.25) is 4.79 Å². The Morgan fingerprint density at radius 3 is 2.72 bits per heavy atom. The SMILES string of the molecule is Cc1ccc(NCC(=O)OCc2cccs2)cc1. The van der Waals surface area contributed by atoms with Gasteiger partial charge in [0.1, 0.15) is 13.2 Å². The molecule has 0 aliphatic heterocycles. The van der Waals surface area contributed by atoms with Crippen molar-refractivity contribution in [3.05, 3.63) is 52.2 Å². The number of hydrogen-bond donors (Lipinski definition) is 1. The van der Waals surface area contributed by atoms with Crippen molar-refractivity contribution in [3.8, 4) is 0 Å². The normalized spacial score (nSPS) is 10.1. The molecule has 0 saturated heterocycles. The quantitative estimate of drug-likeness (QED) is 0.840. The van der Waals surface area contributed by atoms with Crippen molar-refractivity contribution in [2.24, 2.45) is 0 Å². The third kappa shape index (κ3) is 3.89. The molecule has 0 aliphatic rings. The Balaban J connectivity index is 1.73. The predicted octanol–water partition coefficient (Wildman–Crippen LogP) is 3.21. The van der Waals surface area contributed by atoms with Crippen molar-refractivity contribution in [1.29, 1.82) is 0 Å². The van der Waals surface area contributed by atoms with Crippen molar-refractivity contribution in [2.75, 3.05) is 11.9 Å². The summed E-state index contributed by atoms with van der Waals surface area (Å²) >= 11 is 1.58. The maximum atomic E-state index is 11.5. The highest BCUT2D eigenvalue weighted by Crippen LogP contribution is 2.10. The van der Waals surface area contributed by atoms with E-state index in [0.717, 1.165) is 10.6 Å². The van der Waals surface area contributed by atoms with E-state index in [2.05, 4.69) is 5.32 Å². The average molecular weight is 261 g/mol. The maximum absolute atomic E-state index is 11.5.